The van der Waals surface area contributed by atoms with Gasteiger partial charge in [-0.15, -0.1) is 0 Å². The normalized spacial score (nSPS) is 15.7. The fraction of sp³-hybridized carbons (Fsp3) is 0.115. The van der Waals surface area contributed by atoms with Crippen LogP contribution in [0.25, 0.3) is 10.9 Å². The molecule has 0 bridgehead atoms. The summed E-state index contributed by atoms with van der Waals surface area (Å²) in [5.41, 5.74) is 4.82. The summed E-state index contributed by atoms with van der Waals surface area (Å²) < 4.78 is 0.975. The largest absolute Gasteiger partial charge is 0.276 e. The monoisotopic (exact) mass is 537 g/mol. The second-order valence-corrected chi connectivity index (χ2v) is 9.65. The van der Waals surface area contributed by atoms with Gasteiger partial charge in [0.2, 0.25) is 0 Å². The van der Waals surface area contributed by atoms with E-state index >= 15 is 0 Å². The number of halogens is 3. The summed E-state index contributed by atoms with van der Waals surface area (Å²) in [6, 6.07) is 22.5. The van der Waals surface area contributed by atoms with E-state index in [9.17, 15) is 4.79 Å². The number of pyridine rings is 1. The number of carbonyl (C=O) groups excluding carboxylic acids is 1. The van der Waals surface area contributed by atoms with Gasteiger partial charge < -0.3 is 0 Å². The lowest BCUT2D eigenvalue weighted by molar-refractivity contribution is 0.0711. The number of fused-ring (bicyclic) bond motifs is 1. The highest BCUT2D eigenvalue weighted by Crippen LogP contribution is 2.38. The molecule has 1 aliphatic rings. The van der Waals surface area contributed by atoms with Gasteiger partial charge in [0, 0.05) is 21.8 Å². The zero-order chi connectivity index (χ0) is 23.1. The van der Waals surface area contributed by atoms with Crippen molar-refractivity contribution in [1.29, 1.82) is 0 Å². The van der Waals surface area contributed by atoms with Crippen LogP contribution in [-0.2, 0) is 0 Å². The van der Waals surface area contributed by atoms with Crippen LogP contribution >= 0.6 is 39.1 Å². The molecule has 0 saturated carbocycles. The maximum absolute atomic E-state index is 13.6. The van der Waals surface area contributed by atoms with E-state index in [2.05, 4.69) is 20.9 Å². The third-order valence-corrected chi connectivity index (χ3v) is 6.87. The van der Waals surface area contributed by atoms with Gasteiger partial charge in [-0.25, -0.2) is 9.99 Å². The molecule has 1 atom stereocenters. The molecule has 0 saturated heterocycles. The second kappa shape index (κ2) is 8.90. The molecule has 0 spiro atoms. The predicted octanol–water partition coefficient (Wildman–Crippen LogP) is 7.60. The van der Waals surface area contributed by atoms with Crippen LogP contribution in [0.4, 0.5) is 0 Å². The SMILES string of the molecule is Cc1ccc2cc(C3CC(c4ccc(Br)cc4)=NN3C(=O)c3ccccc3Cl)c(Cl)nc2c1. The van der Waals surface area contributed by atoms with Crippen molar-refractivity contribution < 1.29 is 4.79 Å². The van der Waals surface area contributed by atoms with Crippen molar-refractivity contribution in [3.05, 3.63) is 110 Å². The number of aromatic nitrogens is 1. The molecule has 0 aliphatic carbocycles. The van der Waals surface area contributed by atoms with Gasteiger partial charge in [-0.05, 0) is 54.4 Å². The molecule has 0 N–H and O–H groups in total. The Hall–Kier alpha value is -2.73. The van der Waals surface area contributed by atoms with Gasteiger partial charge >= 0.3 is 0 Å². The van der Waals surface area contributed by atoms with Gasteiger partial charge in [0.25, 0.3) is 5.91 Å². The molecular formula is C26H18BrCl2N3O. The molecule has 1 unspecified atom stereocenters. The molecule has 7 heteroatoms. The zero-order valence-corrected chi connectivity index (χ0v) is 20.7. The van der Waals surface area contributed by atoms with E-state index in [1.165, 1.54) is 5.01 Å². The third-order valence-electron chi connectivity index (χ3n) is 5.71. The van der Waals surface area contributed by atoms with Crippen molar-refractivity contribution in [3.8, 4) is 0 Å². The molecular weight excluding hydrogens is 521 g/mol. The van der Waals surface area contributed by atoms with Gasteiger partial charge in [0.05, 0.1) is 27.9 Å². The molecule has 1 aromatic heterocycles. The standard InChI is InChI=1S/C26H18BrCl2N3O/c1-15-6-7-17-13-20(25(29)30-22(17)12-15)24-14-23(16-8-10-18(27)11-9-16)31-32(24)26(33)19-4-2-3-5-21(19)28/h2-13,24H,14H2,1H3. The van der Waals surface area contributed by atoms with Gasteiger partial charge in [-0.3, -0.25) is 4.79 Å². The van der Waals surface area contributed by atoms with Crippen LogP contribution in [0.1, 0.15) is 39.5 Å². The van der Waals surface area contributed by atoms with Gasteiger partial charge in [0.1, 0.15) is 5.15 Å². The lowest BCUT2D eigenvalue weighted by Crippen LogP contribution is -2.27. The fourth-order valence-electron chi connectivity index (χ4n) is 4.02. The van der Waals surface area contributed by atoms with Crippen LogP contribution in [0.15, 0.2) is 82.4 Å². The van der Waals surface area contributed by atoms with Crippen LogP contribution in [0, 0.1) is 6.92 Å². The number of aryl methyl sites for hydroxylation is 1. The predicted molar refractivity (Wildman–Crippen MR) is 137 cm³/mol. The quantitative estimate of drug-likeness (QED) is 0.252. The maximum atomic E-state index is 13.6. The molecule has 0 radical (unpaired) electrons. The molecule has 1 aliphatic heterocycles. The summed E-state index contributed by atoms with van der Waals surface area (Å²) in [4.78, 5) is 18.2. The second-order valence-electron chi connectivity index (χ2n) is 7.97. The molecule has 3 aromatic carbocycles. The highest BCUT2D eigenvalue weighted by Gasteiger charge is 2.36. The van der Waals surface area contributed by atoms with E-state index in [0.717, 1.165) is 37.8 Å². The molecule has 0 fully saturated rings. The Morgan fingerprint density at radius 2 is 1.79 bits per heavy atom. The topological polar surface area (TPSA) is 45.6 Å². The van der Waals surface area contributed by atoms with Crippen molar-refractivity contribution in [1.82, 2.24) is 9.99 Å². The minimum Gasteiger partial charge on any atom is -0.267 e. The summed E-state index contributed by atoms with van der Waals surface area (Å²) in [5, 5.41) is 7.93. The number of carbonyl (C=O) groups is 1. The van der Waals surface area contributed by atoms with Crippen molar-refractivity contribution in [3.63, 3.8) is 0 Å². The van der Waals surface area contributed by atoms with Gasteiger partial charge in [0.15, 0.2) is 0 Å². The highest BCUT2D eigenvalue weighted by molar-refractivity contribution is 9.10. The van der Waals surface area contributed by atoms with E-state index in [0.29, 0.717) is 22.2 Å². The number of amides is 1. The van der Waals surface area contributed by atoms with Crippen molar-refractivity contribution in [2.45, 2.75) is 19.4 Å². The van der Waals surface area contributed by atoms with Crippen LogP contribution < -0.4 is 0 Å². The van der Waals surface area contributed by atoms with Crippen molar-refractivity contribution >= 4 is 61.7 Å². The molecule has 164 valence electrons. The smallest absolute Gasteiger partial charge is 0.267 e. The van der Waals surface area contributed by atoms with Crippen LogP contribution in [0.3, 0.4) is 0 Å². The minimum atomic E-state index is -0.405. The lowest BCUT2D eigenvalue weighted by atomic mass is 9.98. The van der Waals surface area contributed by atoms with Crippen LogP contribution in [-0.4, -0.2) is 21.6 Å². The lowest BCUT2D eigenvalue weighted by Gasteiger charge is -2.23. The summed E-state index contributed by atoms with van der Waals surface area (Å²) >= 11 is 16.5. The molecule has 1 amide bonds. The first kappa shape index (κ1) is 22.1. The maximum Gasteiger partial charge on any atom is 0.276 e. The van der Waals surface area contributed by atoms with E-state index in [1.54, 1.807) is 24.3 Å². The van der Waals surface area contributed by atoms with E-state index in [4.69, 9.17) is 28.3 Å². The Kier molecular flexibility index (Phi) is 5.95. The number of hydrogen-bond acceptors (Lipinski definition) is 3. The van der Waals surface area contributed by atoms with Crippen LogP contribution in [0.5, 0.6) is 0 Å². The molecule has 2 heterocycles. The highest BCUT2D eigenvalue weighted by atomic mass is 79.9. The molecule has 5 rings (SSSR count). The minimum absolute atomic E-state index is 0.280. The zero-order valence-electron chi connectivity index (χ0n) is 17.6. The number of nitrogens with zero attached hydrogens (tertiary/aromatic N) is 3. The number of rotatable bonds is 3. The van der Waals surface area contributed by atoms with Crippen LogP contribution in [0.2, 0.25) is 10.2 Å². The van der Waals surface area contributed by atoms with E-state index < -0.39 is 6.04 Å². The third kappa shape index (κ3) is 4.29. The van der Waals surface area contributed by atoms with Gasteiger partial charge in [-0.1, -0.05) is 75.5 Å². The van der Waals surface area contributed by atoms with Crippen molar-refractivity contribution in [2.24, 2.45) is 5.10 Å². The first-order chi connectivity index (χ1) is 15.9. The Bertz CT molecular complexity index is 1420. The van der Waals surface area contributed by atoms with Crippen molar-refractivity contribution in [2.75, 3.05) is 0 Å². The number of benzene rings is 3. The van der Waals surface area contributed by atoms with Gasteiger partial charge in [-0.2, -0.15) is 5.10 Å². The molecule has 33 heavy (non-hydrogen) atoms. The average molecular weight is 539 g/mol. The summed E-state index contributed by atoms with van der Waals surface area (Å²) in [6.45, 7) is 2.02. The van der Waals surface area contributed by atoms with E-state index in [1.807, 2.05) is 55.5 Å². The number of hydrogen-bond donors (Lipinski definition) is 0. The van der Waals surface area contributed by atoms with E-state index in [-0.39, 0.29) is 5.91 Å². The number of hydrazone groups is 1. The molecule has 4 aromatic rings. The summed E-state index contributed by atoms with van der Waals surface area (Å²) in [5.74, 6) is -0.280. The Balaban J connectivity index is 1.62. The average Bonchev–Trinajstić information content (AvgIpc) is 3.24. The Labute approximate surface area is 210 Å². The Morgan fingerprint density at radius 3 is 2.55 bits per heavy atom. The molecule has 4 nitrogen and oxygen atoms in total. The first-order valence-electron chi connectivity index (χ1n) is 10.4. The first-order valence-corrected chi connectivity index (χ1v) is 11.9. The summed E-state index contributed by atoms with van der Waals surface area (Å²) in [7, 11) is 0. The summed E-state index contributed by atoms with van der Waals surface area (Å²) in [6.07, 6.45) is 0.511. The fourth-order valence-corrected chi connectivity index (χ4v) is 4.77. The Morgan fingerprint density at radius 1 is 1.03 bits per heavy atom.